The Morgan fingerprint density at radius 2 is 2.16 bits per heavy atom. The molecule has 1 rings (SSSR count). The molecule has 0 bridgehead atoms. The minimum atomic E-state index is 0.152. The summed E-state index contributed by atoms with van der Waals surface area (Å²) in [7, 11) is 2.12. The first-order valence-corrected chi connectivity index (χ1v) is 7.23. The Bertz CT molecular complexity index is 373. The molecule has 2 N–H and O–H groups in total. The van der Waals surface area contributed by atoms with Crippen molar-refractivity contribution in [2.45, 2.75) is 32.4 Å². The predicted octanol–water partition coefficient (Wildman–Crippen LogP) is 3.09. The van der Waals surface area contributed by atoms with E-state index in [9.17, 15) is 0 Å². The Balaban J connectivity index is 2.50. The molecule has 0 saturated heterocycles. The number of halogens is 1. The molecule has 0 saturated carbocycles. The average Bonchev–Trinajstić information content (AvgIpc) is 2.42. The van der Waals surface area contributed by atoms with Crippen LogP contribution in [0.1, 0.15) is 31.9 Å². The molecule has 3 nitrogen and oxygen atoms in total. The average molecular weight is 285 g/mol. The summed E-state index contributed by atoms with van der Waals surface area (Å²) in [6.45, 7) is 6.43. The van der Waals surface area contributed by atoms with Crippen LogP contribution >= 0.6 is 11.6 Å². The zero-order valence-corrected chi connectivity index (χ0v) is 12.9. The summed E-state index contributed by atoms with van der Waals surface area (Å²) < 4.78 is 5.57. The number of hydrogen-bond acceptors (Lipinski definition) is 3. The first-order chi connectivity index (χ1) is 9.08. The van der Waals surface area contributed by atoms with Crippen LogP contribution in [0.25, 0.3) is 0 Å². The third kappa shape index (κ3) is 5.49. The molecule has 0 fully saturated rings. The van der Waals surface area contributed by atoms with Gasteiger partial charge in [-0.3, -0.25) is 4.90 Å². The molecule has 2 atom stereocenters. The summed E-state index contributed by atoms with van der Waals surface area (Å²) in [5.74, 6) is 0. The number of nitrogens with two attached hydrogens (primary N) is 1. The van der Waals surface area contributed by atoms with Crippen molar-refractivity contribution in [2.24, 2.45) is 5.73 Å². The van der Waals surface area contributed by atoms with Crippen LogP contribution < -0.4 is 5.73 Å². The van der Waals surface area contributed by atoms with Crippen LogP contribution in [-0.2, 0) is 4.74 Å². The lowest BCUT2D eigenvalue weighted by atomic mass is 10.1. The maximum Gasteiger partial charge on any atom is 0.0709 e. The maximum absolute atomic E-state index is 6.03. The van der Waals surface area contributed by atoms with Gasteiger partial charge in [0.25, 0.3) is 0 Å². The summed E-state index contributed by atoms with van der Waals surface area (Å²) in [5, 5.41) is 0.784. The van der Waals surface area contributed by atoms with E-state index in [1.54, 1.807) is 0 Å². The van der Waals surface area contributed by atoms with Crippen molar-refractivity contribution >= 4 is 11.6 Å². The van der Waals surface area contributed by atoms with E-state index >= 15 is 0 Å². The minimum Gasteiger partial charge on any atom is -0.377 e. The second kappa shape index (κ2) is 8.54. The van der Waals surface area contributed by atoms with Gasteiger partial charge in [0.05, 0.1) is 6.10 Å². The fraction of sp³-hybridized carbons (Fsp3) is 0.600. The van der Waals surface area contributed by atoms with E-state index in [-0.39, 0.29) is 6.10 Å². The van der Waals surface area contributed by atoms with Crippen LogP contribution in [0.15, 0.2) is 24.3 Å². The largest absolute Gasteiger partial charge is 0.377 e. The molecule has 0 spiro atoms. The topological polar surface area (TPSA) is 38.5 Å². The third-order valence-electron chi connectivity index (χ3n) is 3.46. The molecular formula is C15H25ClN2O. The molecule has 0 amide bonds. The quantitative estimate of drug-likeness (QED) is 0.797. The van der Waals surface area contributed by atoms with Crippen LogP contribution in [0, 0.1) is 0 Å². The number of benzene rings is 1. The first kappa shape index (κ1) is 16.4. The van der Waals surface area contributed by atoms with Gasteiger partial charge in [0, 0.05) is 30.8 Å². The summed E-state index contributed by atoms with van der Waals surface area (Å²) in [4.78, 5) is 2.30. The monoisotopic (exact) mass is 284 g/mol. The van der Waals surface area contributed by atoms with E-state index in [1.807, 2.05) is 25.1 Å². The third-order valence-corrected chi connectivity index (χ3v) is 3.70. The van der Waals surface area contributed by atoms with Crippen molar-refractivity contribution in [2.75, 3.05) is 26.7 Å². The number of ether oxygens (including phenoxy) is 1. The van der Waals surface area contributed by atoms with Crippen LogP contribution in [0.3, 0.4) is 0 Å². The number of hydrogen-bond donors (Lipinski definition) is 1. The van der Waals surface area contributed by atoms with Crippen LogP contribution in [0.4, 0.5) is 0 Å². The van der Waals surface area contributed by atoms with Gasteiger partial charge in [0.15, 0.2) is 0 Å². The molecule has 108 valence electrons. The summed E-state index contributed by atoms with van der Waals surface area (Å²) in [5.41, 5.74) is 6.92. The van der Waals surface area contributed by atoms with E-state index < -0.39 is 0 Å². The number of rotatable bonds is 8. The van der Waals surface area contributed by atoms with E-state index in [4.69, 9.17) is 22.1 Å². The van der Waals surface area contributed by atoms with Crippen molar-refractivity contribution in [3.8, 4) is 0 Å². The van der Waals surface area contributed by atoms with Gasteiger partial charge in [-0.1, -0.05) is 23.7 Å². The zero-order valence-electron chi connectivity index (χ0n) is 12.1. The molecule has 1 aromatic carbocycles. The summed E-state index contributed by atoms with van der Waals surface area (Å²) in [6, 6.07) is 8.35. The van der Waals surface area contributed by atoms with Gasteiger partial charge in [-0.05, 0) is 45.0 Å². The second-order valence-corrected chi connectivity index (χ2v) is 5.25. The molecule has 0 radical (unpaired) electrons. The van der Waals surface area contributed by atoms with Crippen LogP contribution in [-0.4, -0.2) is 37.7 Å². The Labute approximate surface area is 121 Å². The van der Waals surface area contributed by atoms with Gasteiger partial charge >= 0.3 is 0 Å². The lowest BCUT2D eigenvalue weighted by Crippen LogP contribution is -2.31. The van der Waals surface area contributed by atoms with Crippen molar-refractivity contribution in [3.63, 3.8) is 0 Å². The van der Waals surface area contributed by atoms with Crippen molar-refractivity contribution in [3.05, 3.63) is 34.9 Å². The Morgan fingerprint density at radius 1 is 1.42 bits per heavy atom. The first-order valence-electron chi connectivity index (χ1n) is 6.85. The lowest BCUT2D eigenvalue weighted by Gasteiger charge is -2.27. The second-order valence-electron chi connectivity index (χ2n) is 4.81. The van der Waals surface area contributed by atoms with Crippen molar-refractivity contribution in [1.82, 2.24) is 4.90 Å². The van der Waals surface area contributed by atoms with Gasteiger partial charge in [0.2, 0.25) is 0 Å². The lowest BCUT2D eigenvalue weighted by molar-refractivity contribution is 0.0535. The molecule has 19 heavy (non-hydrogen) atoms. The van der Waals surface area contributed by atoms with Gasteiger partial charge in [-0.2, -0.15) is 0 Å². The van der Waals surface area contributed by atoms with Crippen LogP contribution in [0.5, 0.6) is 0 Å². The molecule has 0 heterocycles. The summed E-state index contributed by atoms with van der Waals surface area (Å²) >= 11 is 6.03. The highest BCUT2D eigenvalue weighted by Crippen LogP contribution is 2.22. The highest BCUT2D eigenvalue weighted by Gasteiger charge is 2.14. The van der Waals surface area contributed by atoms with E-state index in [0.717, 1.165) is 24.6 Å². The van der Waals surface area contributed by atoms with Crippen molar-refractivity contribution in [1.29, 1.82) is 0 Å². The SMILES string of the molecule is CCOC(CN)CCN(C)C(C)c1cccc(Cl)c1. The van der Waals surface area contributed by atoms with E-state index in [2.05, 4.69) is 24.9 Å². The van der Waals surface area contributed by atoms with Gasteiger partial charge < -0.3 is 10.5 Å². The molecule has 0 aliphatic heterocycles. The molecule has 4 heteroatoms. The Hall–Kier alpha value is -0.610. The fourth-order valence-electron chi connectivity index (χ4n) is 2.07. The standard InChI is InChI=1S/C15H25ClN2O/c1-4-19-15(11-17)8-9-18(3)12(2)13-6-5-7-14(16)10-13/h5-7,10,12,15H,4,8-9,11,17H2,1-3H3. The molecule has 0 aliphatic carbocycles. The normalized spacial score (nSPS) is 14.6. The maximum atomic E-state index is 6.03. The highest BCUT2D eigenvalue weighted by molar-refractivity contribution is 6.30. The molecule has 1 aromatic rings. The van der Waals surface area contributed by atoms with Gasteiger partial charge in [0.1, 0.15) is 0 Å². The minimum absolute atomic E-state index is 0.152. The Morgan fingerprint density at radius 3 is 2.74 bits per heavy atom. The molecular weight excluding hydrogens is 260 g/mol. The zero-order chi connectivity index (χ0) is 14.3. The highest BCUT2D eigenvalue weighted by atomic mass is 35.5. The Kier molecular flexibility index (Phi) is 7.39. The smallest absolute Gasteiger partial charge is 0.0709 e. The van der Waals surface area contributed by atoms with Gasteiger partial charge in [-0.25, -0.2) is 0 Å². The molecule has 0 aromatic heterocycles. The summed E-state index contributed by atoms with van der Waals surface area (Å²) in [6.07, 6.45) is 1.10. The van der Waals surface area contributed by atoms with E-state index in [0.29, 0.717) is 12.6 Å². The fourth-order valence-corrected chi connectivity index (χ4v) is 2.27. The molecule has 0 aliphatic rings. The van der Waals surface area contributed by atoms with E-state index in [1.165, 1.54) is 5.56 Å². The predicted molar refractivity (Wildman–Crippen MR) is 81.6 cm³/mol. The van der Waals surface area contributed by atoms with Gasteiger partial charge in [-0.15, -0.1) is 0 Å². The molecule has 2 unspecified atom stereocenters. The van der Waals surface area contributed by atoms with Crippen molar-refractivity contribution < 1.29 is 4.74 Å². The number of nitrogens with zero attached hydrogens (tertiary/aromatic N) is 1. The van der Waals surface area contributed by atoms with Crippen LogP contribution in [0.2, 0.25) is 5.02 Å².